The minimum atomic E-state index is -0.270. The maximum atomic E-state index is 12.8. The highest BCUT2D eigenvalue weighted by Gasteiger charge is 2.37. The predicted molar refractivity (Wildman–Crippen MR) is 93.7 cm³/mol. The van der Waals surface area contributed by atoms with Crippen LogP contribution in [0.25, 0.3) is 0 Å². The van der Waals surface area contributed by atoms with E-state index in [0.29, 0.717) is 11.2 Å². The Kier molecular flexibility index (Phi) is 7.13. The van der Waals surface area contributed by atoms with Crippen molar-refractivity contribution in [3.8, 4) is 0 Å². The first-order chi connectivity index (χ1) is 8.93. The Labute approximate surface area is 133 Å². The molecule has 2 heteroatoms. The van der Waals surface area contributed by atoms with Crippen molar-refractivity contribution in [2.24, 2.45) is 10.8 Å². The van der Waals surface area contributed by atoms with Crippen LogP contribution in [0.3, 0.4) is 0 Å². The number of rotatable bonds is 4. The van der Waals surface area contributed by atoms with Gasteiger partial charge in [0.2, 0.25) is 0 Å². The highest BCUT2D eigenvalue weighted by molar-refractivity contribution is 5.88. The van der Waals surface area contributed by atoms with E-state index in [0.717, 1.165) is 6.42 Å². The number of nitrogens with one attached hydrogen (secondary N) is 1. The summed E-state index contributed by atoms with van der Waals surface area (Å²) in [5, 5.41) is 3.59. The van der Waals surface area contributed by atoms with Crippen LogP contribution in [0.4, 0.5) is 0 Å². The third-order valence-electron chi connectivity index (χ3n) is 4.42. The molecule has 21 heavy (non-hydrogen) atoms. The molecule has 1 fully saturated rings. The van der Waals surface area contributed by atoms with E-state index < -0.39 is 0 Å². The lowest BCUT2D eigenvalue weighted by Gasteiger charge is -2.40. The zero-order valence-corrected chi connectivity index (χ0v) is 14.7. The van der Waals surface area contributed by atoms with Crippen LogP contribution in [0.1, 0.15) is 94.4 Å². The average Bonchev–Trinajstić information content (AvgIpc) is 2.24. The van der Waals surface area contributed by atoms with E-state index in [2.05, 4.69) is 33.0 Å². The van der Waals surface area contributed by atoms with E-state index >= 15 is 0 Å². The number of ketones is 1. The Morgan fingerprint density at radius 3 is 1.90 bits per heavy atom. The zero-order valence-electron chi connectivity index (χ0n) is 14.7. The fraction of sp³-hybridized carbons (Fsp3) is 0.947. The minimum absolute atomic E-state index is 0. The number of hydrogen-bond donors (Lipinski definition) is 1. The summed E-state index contributed by atoms with van der Waals surface area (Å²) in [7, 11) is 0. The summed E-state index contributed by atoms with van der Waals surface area (Å²) in [5.74, 6) is 0.360. The maximum absolute atomic E-state index is 12.8. The molecule has 0 radical (unpaired) electrons. The summed E-state index contributed by atoms with van der Waals surface area (Å²) in [5.41, 5.74) is 0.0482. The number of carbonyl (C=O) groups excluding carboxylic acids is 1. The summed E-state index contributed by atoms with van der Waals surface area (Å²) >= 11 is 0. The Morgan fingerprint density at radius 2 is 1.52 bits per heavy atom. The normalized spacial score (nSPS) is 20.5. The summed E-state index contributed by atoms with van der Waals surface area (Å²) in [6.07, 6.45) is 7.53. The van der Waals surface area contributed by atoms with Crippen LogP contribution in [-0.2, 0) is 4.79 Å². The van der Waals surface area contributed by atoms with Crippen molar-refractivity contribution in [2.45, 2.75) is 106 Å². The fourth-order valence-corrected chi connectivity index (χ4v) is 3.36. The molecule has 0 saturated heterocycles. The van der Waals surface area contributed by atoms with Gasteiger partial charge in [-0.25, -0.2) is 0 Å². The molecule has 0 aromatic carbocycles. The van der Waals surface area contributed by atoms with E-state index in [4.69, 9.17) is 0 Å². The quantitative estimate of drug-likeness (QED) is 0.757. The van der Waals surface area contributed by atoms with Gasteiger partial charge in [-0.1, -0.05) is 54.4 Å². The van der Waals surface area contributed by atoms with Gasteiger partial charge in [-0.15, -0.1) is 0 Å². The summed E-state index contributed by atoms with van der Waals surface area (Å²) in [4.78, 5) is 12.8. The first-order valence-electron chi connectivity index (χ1n) is 8.25. The molecule has 0 spiro atoms. The van der Waals surface area contributed by atoms with Gasteiger partial charge in [0.1, 0.15) is 0 Å². The van der Waals surface area contributed by atoms with E-state index in [9.17, 15) is 4.79 Å². The van der Waals surface area contributed by atoms with Crippen LogP contribution < -0.4 is 5.32 Å². The summed E-state index contributed by atoms with van der Waals surface area (Å²) < 4.78 is 0. The lowest BCUT2D eigenvalue weighted by atomic mass is 9.69. The van der Waals surface area contributed by atoms with Crippen molar-refractivity contribution in [3.05, 3.63) is 0 Å². The molecule has 2 nitrogen and oxygen atoms in total. The minimum Gasteiger partial charge on any atom is -0.303 e. The molecule has 1 unspecified atom stereocenters. The van der Waals surface area contributed by atoms with Gasteiger partial charge in [-0.2, -0.15) is 0 Å². The second kappa shape index (κ2) is 7.26. The molecule has 1 N–H and O–H groups in total. The van der Waals surface area contributed by atoms with Crippen LogP contribution in [0, 0.1) is 10.8 Å². The Balaban J connectivity index is 0.00000400. The zero-order chi connectivity index (χ0) is 15.6. The maximum Gasteiger partial charge on any atom is 0.155 e. The molecule has 1 aliphatic carbocycles. The van der Waals surface area contributed by atoms with Crippen molar-refractivity contribution >= 4 is 5.78 Å². The van der Waals surface area contributed by atoms with Crippen LogP contribution in [0.15, 0.2) is 0 Å². The molecule has 0 aromatic heterocycles. The smallest absolute Gasteiger partial charge is 0.155 e. The van der Waals surface area contributed by atoms with Crippen molar-refractivity contribution in [3.63, 3.8) is 0 Å². The van der Waals surface area contributed by atoms with Crippen molar-refractivity contribution in [2.75, 3.05) is 0 Å². The SMILES string of the molecule is C.CC1(CC(NC(C)(C)C)C(=O)C(C)(C)C)CCCCC1. The highest BCUT2D eigenvalue weighted by Crippen LogP contribution is 2.40. The molecule has 1 aliphatic rings. The molecule has 0 aliphatic heterocycles. The molecule has 126 valence electrons. The molecule has 0 aromatic rings. The van der Waals surface area contributed by atoms with Gasteiger partial charge < -0.3 is 5.32 Å². The molecule has 1 saturated carbocycles. The first kappa shape index (κ1) is 20.6. The predicted octanol–water partition coefficient (Wildman–Crippen LogP) is 5.35. The van der Waals surface area contributed by atoms with E-state index in [-0.39, 0.29) is 24.4 Å². The van der Waals surface area contributed by atoms with Gasteiger partial charge in [0.05, 0.1) is 6.04 Å². The molecular formula is C19H39NO. The first-order valence-corrected chi connectivity index (χ1v) is 8.25. The molecular weight excluding hydrogens is 258 g/mol. The average molecular weight is 298 g/mol. The second-order valence-corrected chi connectivity index (χ2v) is 9.14. The number of hydrogen-bond acceptors (Lipinski definition) is 2. The fourth-order valence-electron chi connectivity index (χ4n) is 3.36. The van der Waals surface area contributed by atoms with Crippen molar-refractivity contribution in [1.82, 2.24) is 5.32 Å². The van der Waals surface area contributed by atoms with Gasteiger partial charge in [0.15, 0.2) is 5.78 Å². The van der Waals surface area contributed by atoms with Crippen LogP contribution in [-0.4, -0.2) is 17.4 Å². The lowest BCUT2D eigenvalue weighted by molar-refractivity contribution is -0.130. The van der Waals surface area contributed by atoms with E-state index in [1.54, 1.807) is 0 Å². The van der Waals surface area contributed by atoms with Crippen LogP contribution in [0.2, 0.25) is 0 Å². The van der Waals surface area contributed by atoms with Crippen molar-refractivity contribution < 1.29 is 4.79 Å². The molecule has 0 amide bonds. The molecule has 1 rings (SSSR count). The topological polar surface area (TPSA) is 29.1 Å². The highest BCUT2D eigenvalue weighted by atomic mass is 16.1. The van der Waals surface area contributed by atoms with Crippen molar-refractivity contribution in [1.29, 1.82) is 0 Å². The largest absolute Gasteiger partial charge is 0.303 e. The van der Waals surface area contributed by atoms with Crippen LogP contribution in [0.5, 0.6) is 0 Å². The summed E-state index contributed by atoms with van der Waals surface area (Å²) in [6.45, 7) is 14.9. The Bertz CT molecular complexity index is 326. The van der Waals surface area contributed by atoms with Crippen LogP contribution >= 0.6 is 0 Å². The molecule has 0 bridgehead atoms. The monoisotopic (exact) mass is 297 g/mol. The van der Waals surface area contributed by atoms with Gasteiger partial charge in [-0.05, 0) is 45.4 Å². The summed E-state index contributed by atoms with van der Waals surface area (Å²) in [6, 6.07) is -0.0156. The second-order valence-electron chi connectivity index (χ2n) is 9.14. The molecule has 0 heterocycles. The third kappa shape index (κ3) is 6.95. The lowest BCUT2D eigenvalue weighted by Crippen LogP contribution is -2.52. The van der Waals surface area contributed by atoms with E-state index in [1.807, 2.05) is 20.8 Å². The van der Waals surface area contributed by atoms with Gasteiger partial charge in [0, 0.05) is 11.0 Å². The molecule has 1 atom stereocenters. The van der Waals surface area contributed by atoms with Gasteiger partial charge in [0.25, 0.3) is 0 Å². The Morgan fingerprint density at radius 1 is 1.05 bits per heavy atom. The number of Topliss-reactive ketones (excluding diaryl/α,β-unsaturated/α-hetero) is 1. The third-order valence-corrected chi connectivity index (χ3v) is 4.42. The van der Waals surface area contributed by atoms with Gasteiger partial charge >= 0.3 is 0 Å². The van der Waals surface area contributed by atoms with Gasteiger partial charge in [-0.3, -0.25) is 4.79 Å². The standard InChI is InChI=1S/C18H35NO.CH4/c1-16(2,3)15(20)14(19-17(4,5)6)13-18(7)11-9-8-10-12-18;/h14,19H,8-13H2,1-7H3;1H4. The van der Waals surface area contributed by atoms with E-state index in [1.165, 1.54) is 32.1 Å². The number of carbonyl (C=O) groups is 1. The Hall–Kier alpha value is -0.370.